The molecule has 1 amide bonds. The summed E-state index contributed by atoms with van der Waals surface area (Å²) in [5, 5.41) is 1.84. The van der Waals surface area contributed by atoms with Gasteiger partial charge >= 0.3 is 0 Å². The number of amides is 1. The molecular weight excluding hydrogens is 398 g/mol. The van der Waals surface area contributed by atoms with Crippen LogP contribution < -0.4 is 5.43 Å². The second-order valence-corrected chi connectivity index (χ2v) is 9.23. The summed E-state index contributed by atoms with van der Waals surface area (Å²) in [7, 11) is -0.586. The van der Waals surface area contributed by atoms with Crippen LogP contribution in [0, 0.1) is 0 Å². The van der Waals surface area contributed by atoms with E-state index in [0.29, 0.717) is 18.7 Å². The summed E-state index contributed by atoms with van der Waals surface area (Å²) in [6.45, 7) is 1.07. The zero-order valence-corrected chi connectivity index (χ0v) is 17.8. The zero-order valence-electron chi connectivity index (χ0n) is 17.0. The third-order valence-electron chi connectivity index (χ3n) is 4.59. The minimum Gasteiger partial charge on any atom is -0.284 e. The summed E-state index contributed by atoms with van der Waals surface area (Å²) in [4.78, 5) is 13.0. The van der Waals surface area contributed by atoms with Gasteiger partial charge in [-0.05, 0) is 35.4 Å². The van der Waals surface area contributed by atoms with E-state index in [1.807, 2.05) is 65.7 Å². The zero-order chi connectivity index (χ0) is 21.6. The largest absolute Gasteiger partial charge is 0.284 e. The van der Waals surface area contributed by atoms with Crippen molar-refractivity contribution in [2.45, 2.75) is 18.0 Å². The maximum Gasteiger partial charge on any atom is 0.265 e. The number of hydrazine groups is 1. The highest BCUT2D eigenvalue weighted by atomic mass is 32.2. The van der Waals surface area contributed by atoms with E-state index in [0.717, 1.165) is 15.4 Å². The van der Waals surface area contributed by atoms with Gasteiger partial charge in [0.2, 0.25) is 10.0 Å². The first-order valence-electron chi connectivity index (χ1n) is 9.52. The summed E-state index contributed by atoms with van der Waals surface area (Å²) in [6, 6.07) is 25.7. The molecule has 0 atom stereocenters. The lowest BCUT2D eigenvalue weighted by atomic mass is 10.2. The molecule has 0 aromatic heterocycles. The molecule has 0 saturated heterocycles. The lowest BCUT2D eigenvalue weighted by Crippen LogP contribution is -2.41. The Kier molecular flexibility index (Phi) is 6.99. The van der Waals surface area contributed by atoms with Crippen LogP contribution in [0.1, 0.15) is 21.5 Å². The van der Waals surface area contributed by atoms with E-state index in [-0.39, 0.29) is 10.8 Å². The second-order valence-electron chi connectivity index (χ2n) is 7.08. The van der Waals surface area contributed by atoms with Gasteiger partial charge in [0.1, 0.15) is 0 Å². The number of benzene rings is 3. The van der Waals surface area contributed by atoms with E-state index in [4.69, 9.17) is 0 Å². The van der Waals surface area contributed by atoms with E-state index in [2.05, 4.69) is 5.43 Å². The fraction of sp³-hybridized carbons (Fsp3) is 0.174. The SMILES string of the molecule is CN(C)S(=O)(=O)c1ccc(C(=O)NN(Cc2ccccc2)Cc2ccccc2)cc1. The molecule has 6 nitrogen and oxygen atoms in total. The molecule has 0 aliphatic heterocycles. The number of hydrogen-bond acceptors (Lipinski definition) is 4. The summed E-state index contributed by atoms with van der Waals surface area (Å²) >= 11 is 0. The van der Waals surface area contributed by atoms with Gasteiger partial charge in [-0.1, -0.05) is 60.7 Å². The van der Waals surface area contributed by atoms with Gasteiger partial charge in [-0.2, -0.15) is 0 Å². The molecule has 0 bridgehead atoms. The molecular formula is C23H25N3O3S. The molecule has 3 aromatic rings. The minimum atomic E-state index is -3.53. The summed E-state index contributed by atoms with van der Waals surface area (Å²) in [5.41, 5.74) is 5.47. The van der Waals surface area contributed by atoms with Gasteiger partial charge in [0, 0.05) is 32.7 Å². The van der Waals surface area contributed by atoms with Gasteiger partial charge < -0.3 is 0 Å². The smallest absolute Gasteiger partial charge is 0.265 e. The summed E-state index contributed by atoms with van der Waals surface area (Å²) in [6.07, 6.45) is 0. The quantitative estimate of drug-likeness (QED) is 0.565. The predicted molar refractivity (Wildman–Crippen MR) is 117 cm³/mol. The first-order valence-corrected chi connectivity index (χ1v) is 11.0. The van der Waals surface area contributed by atoms with Crippen molar-refractivity contribution in [3.05, 3.63) is 102 Å². The lowest BCUT2D eigenvalue weighted by molar-refractivity contribution is 0.0759. The van der Waals surface area contributed by atoms with Gasteiger partial charge in [0.05, 0.1) is 4.90 Å². The van der Waals surface area contributed by atoms with Crippen LogP contribution in [0.15, 0.2) is 89.8 Å². The molecule has 0 heterocycles. The highest BCUT2D eigenvalue weighted by Gasteiger charge is 2.18. The Balaban J connectivity index is 1.77. The Morgan fingerprint density at radius 3 is 1.67 bits per heavy atom. The lowest BCUT2D eigenvalue weighted by Gasteiger charge is -2.23. The number of carbonyl (C=O) groups is 1. The monoisotopic (exact) mass is 423 g/mol. The molecule has 0 aliphatic carbocycles. The Hall–Kier alpha value is -3.00. The van der Waals surface area contributed by atoms with Crippen molar-refractivity contribution in [2.24, 2.45) is 0 Å². The van der Waals surface area contributed by atoms with Crippen molar-refractivity contribution in [3.63, 3.8) is 0 Å². The van der Waals surface area contributed by atoms with Crippen molar-refractivity contribution >= 4 is 15.9 Å². The minimum absolute atomic E-state index is 0.148. The number of nitrogens with one attached hydrogen (secondary N) is 1. The maximum absolute atomic E-state index is 12.8. The molecule has 1 N–H and O–H groups in total. The van der Waals surface area contributed by atoms with E-state index in [1.165, 1.54) is 38.4 Å². The van der Waals surface area contributed by atoms with Crippen LogP contribution in [0.4, 0.5) is 0 Å². The number of carbonyl (C=O) groups excluding carboxylic acids is 1. The normalized spacial score (nSPS) is 11.6. The average Bonchev–Trinajstić information content (AvgIpc) is 2.75. The fourth-order valence-corrected chi connectivity index (χ4v) is 3.84. The van der Waals surface area contributed by atoms with Gasteiger partial charge in [-0.15, -0.1) is 0 Å². The van der Waals surface area contributed by atoms with Crippen molar-refractivity contribution in [1.29, 1.82) is 0 Å². The van der Waals surface area contributed by atoms with Gasteiger partial charge in [0.25, 0.3) is 5.91 Å². The predicted octanol–water partition coefficient (Wildman–Crippen LogP) is 3.28. The molecule has 3 rings (SSSR count). The van der Waals surface area contributed by atoms with Gasteiger partial charge in [-0.25, -0.2) is 17.7 Å². The molecule has 7 heteroatoms. The Labute approximate surface area is 177 Å². The number of sulfonamides is 1. The molecule has 0 saturated carbocycles. The standard InChI is InChI=1S/C23H25N3O3S/c1-25(2)30(28,29)22-15-13-21(14-16-22)23(27)24-26(17-19-9-5-3-6-10-19)18-20-11-7-4-8-12-20/h3-16H,17-18H2,1-2H3,(H,24,27). The van der Waals surface area contributed by atoms with E-state index in [9.17, 15) is 13.2 Å². The topological polar surface area (TPSA) is 69.7 Å². The van der Waals surface area contributed by atoms with Crippen LogP contribution in [0.3, 0.4) is 0 Å². The number of hydrogen-bond donors (Lipinski definition) is 1. The van der Waals surface area contributed by atoms with Gasteiger partial charge in [0.15, 0.2) is 0 Å². The van der Waals surface area contributed by atoms with Crippen molar-refractivity contribution in [3.8, 4) is 0 Å². The van der Waals surface area contributed by atoms with E-state index in [1.54, 1.807) is 0 Å². The molecule has 30 heavy (non-hydrogen) atoms. The second kappa shape index (κ2) is 9.67. The van der Waals surface area contributed by atoms with E-state index < -0.39 is 10.0 Å². The molecule has 0 spiro atoms. The third kappa shape index (κ3) is 5.54. The highest BCUT2D eigenvalue weighted by molar-refractivity contribution is 7.89. The van der Waals surface area contributed by atoms with Crippen LogP contribution in [0.5, 0.6) is 0 Å². The Bertz CT molecular complexity index is 1030. The van der Waals surface area contributed by atoms with Gasteiger partial charge in [-0.3, -0.25) is 10.2 Å². The number of rotatable bonds is 8. The maximum atomic E-state index is 12.8. The highest BCUT2D eigenvalue weighted by Crippen LogP contribution is 2.15. The Morgan fingerprint density at radius 2 is 1.23 bits per heavy atom. The first-order chi connectivity index (χ1) is 14.4. The van der Waals surface area contributed by atoms with Crippen LogP contribution in [0.25, 0.3) is 0 Å². The van der Waals surface area contributed by atoms with Crippen LogP contribution in [0.2, 0.25) is 0 Å². The Morgan fingerprint density at radius 1 is 0.767 bits per heavy atom. The number of nitrogens with zero attached hydrogens (tertiary/aromatic N) is 2. The van der Waals surface area contributed by atoms with Crippen LogP contribution >= 0.6 is 0 Å². The average molecular weight is 424 g/mol. The molecule has 0 aliphatic rings. The molecule has 0 unspecified atom stereocenters. The molecule has 156 valence electrons. The third-order valence-corrected chi connectivity index (χ3v) is 6.42. The summed E-state index contributed by atoms with van der Waals surface area (Å²) in [5.74, 6) is -0.296. The first kappa shape index (κ1) is 21.7. The molecule has 3 aromatic carbocycles. The van der Waals surface area contributed by atoms with Crippen LogP contribution in [-0.4, -0.2) is 37.7 Å². The molecule has 0 radical (unpaired) electrons. The fourth-order valence-electron chi connectivity index (χ4n) is 2.94. The van der Waals surface area contributed by atoms with E-state index >= 15 is 0 Å². The molecule has 0 fully saturated rings. The van der Waals surface area contributed by atoms with Crippen molar-refractivity contribution in [2.75, 3.05) is 14.1 Å². The van der Waals surface area contributed by atoms with Crippen molar-refractivity contribution in [1.82, 2.24) is 14.7 Å². The van der Waals surface area contributed by atoms with Crippen molar-refractivity contribution < 1.29 is 13.2 Å². The summed E-state index contributed by atoms with van der Waals surface area (Å²) < 4.78 is 25.6. The van der Waals surface area contributed by atoms with Crippen LogP contribution in [-0.2, 0) is 23.1 Å².